The number of nitrogens with zero attached hydrogens (tertiary/aromatic N) is 1. The summed E-state index contributed by atoms with van der Waals surface area (Å²) in [6, 6.07) is -0.882. The number of carbonyl (C=O) groups is 2. The summed E-state index contributed by atoms with van der Waals surface area (Å²) >= 11 is 0. The first-order valence-corrected chi connectivity index (χ1v) is 30.6. The maximum absolute atomic E-state index is 13.5. The highest BCUT2D eigenvalue weighted by Gasteiger charge is 2.27. The molecule has 3 unspecified atom stereocenters. The second kappa shape index (κ2) is 49.1. The van der Waals surface area contributed by atoms with Gasteiger partial charge in [-0.25, -0.2) is 0 Å². The van der Waals surface area contributed by atoms with E-state index in [0.717, 1.165) is 64.2 Å². The Hall–Kier alpha value is -1.51. The molecular weight excluding hydrogens is 868 g/mol. The minimum Gasteiger partial charge on any atom is -0.756 e. The molecule has 0 saturated carbocycles. The van der Waals surface area contributed by atoms with Gasteiger partial charge in [-0.15, -0.1) is 0 Å². The van der Waals surface area contributed by atoms with Crippen molar-refractivity contribution in [1.29, 1.82) is 0 Å². The SMILES string of the molecule is CCCCCCCC/C=C/CCCCCCCCCC(=O)OC(/C=C/CCCCCCCCCCCC)C(COP(=O)([O-])OCC[N+](C)(C)C)NC(=O)CCCCCCCCCCCCCCC. The number of hydrogen-bond donors (Lipinski definition) is 1. The summed E-state index contributed by atoms with van der Waals surface area (Å²) in [5.41, 5.74) is 0. The van der Waals surface area contributed by atoms with Crippen LogP contribution in [0.5, 0.6) is 0 Å². The van der Waals surface area contributed by atoms with Crippen molar-refractivity contribution in [2.45, 2.75) is 296 Å². The van der Waals surface area contributed by atoms with E-state index in [9.17, 15) is 19.0 Å². The smallest absolute Gasteiger partial charge is 0.306 e. The van der Waals surface area contributed by atoms with Crippen LogP contribution in [0.4, 0.5) is 0 Å². The summed E-state index contributed by atoms with van der Waals surface area (Å²) in [7, 11) is 1.19. The first-order chi connectivity index (χ1) is 32.9. The average Bonchev–Trinajstić information content (AvgIpc) is 3.29. The Labute approximate surface area is 422 Å². The Kier molecular flexibility index (Phi) is 48.0. The van der Waals surface area contributed by atoms with Crippen LogP contribution in [-0.2, 0) is 27.9 Å². The Morgan fingerprint density at radius 3 is 1.25 bits per heavy atom. The fourth-order valence-electron chi connectivity index (χ4n) is 8.58. The van der Waals surface area contributed by atoms with E-state index >= 15 is 0 Å². The van der Waals surface area contributed by atoms with Crippen molar-refractivity contribution in [2.24, 2.45) is 0 Å². The second-order valence-corrected chi connectivity index (χ2v) is 22.6. The number of unbranched alkanes of at least 4 members (excludes halogenated alkanes) is 35. The van der Waals surface area contributed by atoms with Crippen molar-refractivity contribution in [1.82, 2.24) is 5.32 Å². The molecule has 0 heterocycles. The fraction of sp³-hybridized carbons (Fsp3) is 0.897. The molecule has 0 spiro atoms. The molecule has 3 atom stereocenters. The second-order valence-electron chi connectivity index (χ2n) is 21.2. The van der Waals surface area contributed by atoms with Crippen LogP contribution >= 0.6 is 7.82 Å². The van der Waals surface area contributed by atoms with Gasteiger partial charge < -0.3 is 28.5 Å². The van der Waals surface area contributed by atoms with Crippen molar-refractivity contribution in [3.63, 3.8) is 0 Å². The lowest BCUT2D eigenvalue weighted by molar-refractivity contribution is -0.870. The number of ether oxygens (including phenoxy) is 1. The minimum atomic E-state index is -4.69. The van der Waals surface area contributed by atoms with Crippen LogP contribution in [0.1, 0.15) is 284 Å². The summed E-state index contributed by atoms with van der Waals surface area (Å²) in [6.45, 7) is 6.86. The molecule has 0 radical (unpaired) electrons. The maximum atomic E-state index is 13.5. The first kappa shape index (κ1) is 66.5. The molecular formula is C58H113N2O7P. The number of hydrogen-bond acceptors (Lipinski definition) is 7. The molecule has 1 N–H and O–H groups in total. The van der Waals surface area contributed by atoms with Gasteiger partial charge in [0.25, 0.3) is 7.82 Å². The molecule has 0 aliphatic carbocycles. The summed E-state index contributed by atoms with van der Waals surface area (Å²) in [4.78, 5) is 39.8. The molecule has 10 heteroatoms. The molecule has 68 heavy (non-hydrogen) atoms. The third kappa shape index (κ3) is 49.5. The quantitative estimate of drug-likeness (QED) is 0.0212. The topological polar surface area (TPSA) is 114 Å². The Morgan fingerprint density at radius 1 is 0.500 bits per heavy atom. The molecule has 0 fully saturated rings. The van der Waals surface area contributed by atoms with Gasteiger partial charge >= 0.3 is 5.97 Å². The molecule has 402 valence electrons. The van der Waals surface area contributed by atoms with E-state index in [2.05, 4.69) is 38.2 Å². The number of nitrogens with one attached hydrogen (secondary N) is 1. The predicted octanol–water partition coefficient (Wildman–Crippen LogP) is 16.8. The van der Waals surface area contributed by atoms with Crippen molar-refractivity contribution in [2.75, 3.05) is 40.9 Å². The number of carbonyl (C=O) groups excluding carboxylic acids is 2. The Bertz CT molecular complexity index is 1220. The van der Waals surface area contributed by atoms with Gasteiger partial charge in [0.05, 0.1) is 33.8 Å². The van der Waals surface area contributed by atoms with E-state index in [-0.39, 0.29) is 31.5 Å². The maximum Gasteiger partial charge on any atom is 0.306 e. The van der Waals surface area contributed by atoms with Crippen LogP contribution in [0.2, 0.25) is 0 Å². The lowest BCUT2D eigenvalue weighted by Crippen LogP contribution is -2.47. The van der Waals surface area contributed by atoms with Crippen LogP contribution in [0.15, 0.2) is 24.3 Å². The van der Waals surface area contributed by atoms with Crippen molar-refractivity contribution in [3.8, 4) is 0 Å². The summed E-state index contributed by atoms with van der Waals surface area (Å²) in [6.07, 6.45) is 55.6. The molecule has 0 saturated heterocycles. The van der Waals surface area contributed by atoms with Crippen molar-refractivity contribution >= 4 is 19.7 Å². The van der Waals surface area contributed by atoms with Gasteiger partial charge in [-0.3, -0.25) is 14.2 Å². The molecule has 0 aromatic heterocycles. The largest absolute Gasteiger partial charge is 0.756 e. The van der Waals surface area contributed by atoms with Gasteiger partial charge in [0.2, 0.25) is 5.91 Å². The number of rotatable bonds is 53. The monoisotopic (exact) mass is 981 g/mol. The molecule has 0 aromatic rings. The van der Waals surface area contributed by atoms with Crippen LogP contribution in [-0.4, -0.2) is 69.4 Å². The molecule has 0 aliphatic rings. The van der Waals surface area contributed by atoms with Gasteiger partial charge in [-0.05, 0) is 57.4 Å². The normalized spacial score (nSPS) is 13.9. The van der Waals surface area contributed by atoms with Crippen LogP contribution in [0.25, 0.3) is 0 Å². The Morgan fingerprint density at radius 2 is 0.853 bits per heavy atom. The van der Waals surface area contributed by atoms with E-state index in [1.807, 2.05) is 33.3 Å². The highest BCUT2D eigenvalue weighted by atomic mass is 31.2. The van der Waals surface area contributed by atoms with Gasteiger partial charge in [0, 0.05) is 12.8 Å². The molecule has 0 aromatic carbocycles. The highest BCUT2D eigenvalue weighted by Crippen LogP contribution is 2.38. The third-order valence-corrected chi connectivity index (χ3v) is 14.1. The van der Waals surface area contributed by atoms with Gasteiger partial charge in [0.1, 0.15) is 19.3 Å². The molecule has 0 rings (SSSR count). The third-order valence-electron chi connectivity index (χ3n) is 13.1. The predicted molar refractivity (Wildman–Crippen MR) is 289 cm³/mol. The van der Waals surface area contributed by atoms with Crippen LogP contribution in [0, 0.1) is 0 Å². The lowest BCUT2D eigenvalue weighted by atomic mass is 10.0. The molecule has 1 amide bonds. The zero-order valence-corrected chi connectivity index (χ0v) is 46.7. The van der Waals surface area contributed by atoms with Crippen molar-refractivity contribution in [3.05, 3.63) is 24.3 Å². The number of likely N-dealkylation sites (N-methyl/N-ethyl adjacent to an activating group) is 1. The number of amides is 1. The van der Waals surface area contributed by atoms with Crippen molar-refractivity contribution < 1.29 is 37.3 Å². The first-order valence-electron chi connectivity index (χ1n) is 29.1. The molecule has 0 aliphatic heterocycles. The number of esters is 1. The van der Waals surface area contributed by atoms with Gasteiger partial charge in [0.15, 0.2) is 0 Å². The number of phosphoric ester groups is 1. The average molecular weight is 982 g/mol. The molecule has 0 bridgehead atoms. The van der Waals surface area contributed by atoms with E-state index in [1.165, 1.54) is 186 Å². The highest BCUT2D eigenvalue weighted by molar-refractivity contribution is 7.45. The number of allylic oxidation sites excluding steroid dienone is 3. The molecule has 9 nitrogen and oxygen atoms in total. The van der Waals surface area contributed by atoms with Gasteiger partial charge in [-0.1, -0.05) is 238 Å². The van der Waals surface area contributed by atoms with E-state index in [1.54, 1.807) is 0 Å². The van der Waals surface area contributed by atoms with E-state index in [0.29, 0.717) is 17.4 Å². The summed E-state index contributed by atoms with van der Waals surface area (Å²) in [5.74, 6) is -0.534. The van der Waals surface area contributed by atoms with Crippen LogP contribution in [0.3, 0.4) is 0 Å². The lowest BCUT2D eigenvalue weighted by Gasteiger charge is -2.30. The zero-order valence-electron chi connectivity index (χ0n) is 45.8. The number of phosphoric acid groups is 1. The Balaban J connectivity index is 5.31. The van der Waals surface area contributed by atoms with Gasteiger partial charge in [-0.2, -0.15) is 0 Å². The van der Waals surface area contributed by atoms with E-state index < -0.39 is 20.0 Å². The fourth-order valence-corrected chi connectivity index (χ4v) is 9.30. The zero-order chi connectivity index (χ0) is 50.1. The summed E-state index contributed by atoms with van der Waals surface area (Å²) in [5, 5.41) is 3.02. The number of quaternary nitrogens is 1. The minimum absolute atomic E-state index is 0.0196. The summed E-state index contributed by atoms with van der Waals surface area (Å²) < 4.78 is 30.2. The van der Waals surface area contributed by atoms with Crippen LogP contribution < -0.4 is 10.2 Å². The standard InChI is InChI=1S/C58H113N2O7P/c1-7-10-13-16-19-22-25-28-29-30-31-33-36-39-42-45-48-51-58(62)67-56(49-46-43-40-37-34-27-24-21-18-15-12-9-3)55(54-66-68(63,64)65-53-52-60(4,5)6)59-57(61)50-47-44-41-38-35-32-26-23-20-17-14-11-8-2/h28-29,46,49,55-56H,7-27,30-45,47-48,50-54H2,1-6H3,(H-,59,61,63,64)/b29-28+,49-46+. The van der Waals surface area contributed by atoms with E-state index in [4.69, 9.17) is 13.8 Å².